The van der Waals surface area contributed by atoms with Gasteiger partial charge in [-0.2, -0.15) is 0 Å². The smallest absolute Gasteiger partial charge is 0.338 e. The van der Waals surface area contributed by atoms with Crippen LogP contribution < -0.4 is 10.1 Å². The van der Waals surface area contributed by atoms with Gasteiger partial charge in [0, 0.05) is 6.54 Å². The van der Waals surface area contributed by atoms with Crippen molar-refractivity contribution in [3.63, 3.8) is 0 Å². The second-order valence-corrected chi connectivity index (χ2v) is 4.98. The van der Waals surface area contributed by atoms with E-state index < -0.39 is 5.97 Å². The molecular weight excluding hydrogens is 326 g/mol. The van der Waals surface area contributed by atoms with Gasteiger partial charge in [-0.15, -0.1) is 0 Å². The Morgan fingerprint density at radius 1 is 1.35 bits per heavy atom. The van der Waals surface area contributed by atoms with Crippen LogP contribution in [0.1, 0.15) is 30.1 Å². The summed E-state index contributed by atoms with van der Waals surface area (Å²) in [7, 11) is 1.54. The quantitative estimate of drug-likeness (QED) is 0.610. The molecule has 0 saturated carbocycles. The molecule has 0 aliphatic heterocycles. The van der Waals surface area contributed by atoms with Gasteiger partial charge >= 0.3 is 5.97 Å². The van der Waals surface area contributed by atoms with Gasteiger partial charge in [0.15, 0.2) is 6.61 Å². The number of ether oxygens (including phenoxy) is 2. The molecule has 1 rings (SSSR count). The Morgan fingerprint density at radius 2 is 2.10 bits per heavy atom. The first-order chi connectivity index (χ1) is 9.58. The minimum Gasteiger partial charge on any atom is -0.496 e. The lowest BCUT2D eigenvalue weighted by atomic mass is 10.2. The minimum atomic E-state index is -0.543. The van der Waals surface area contributed by atoms with Crippen LogP contribution in [-0.4, -0.2) is 32.1 Å². The summed E-state index contributed by atoms with van der Waals surface area (Å²) in [5, 5.41) is 2.67. The van der Waals surface area contributed by atoms with Gasteiger partial charge in [0.05, 0.1) is 17.1 Å². The highest BCUT2D eigenvalue weighted by Crippen LogP contribution is 2.25. The van der Waals surface area contributed by atoms with Crippen molar-refractivity contribution in [2.45, 2.75) is 19.8 Å². The zero-order chi connectivity index (χ0) is 15.0. The number of halogens is 1. The third-order valence-corrected chi connectivity index (χ3v) is 3.19. The van der Waals surface area contributed by atoms with E-state index in [0.717, 1.165) is 12.8 Å². The average Bonchev–Trinajstić information content (AvgIpc) is 2.45. The fourth-order valence-electron chi connectivity index (χ4n) is 1.46. The lowest BCUT2D eigenvalue weighted by Crippen LogP contribution is -2.29. The summed E-state index contributed by atoms with van der Waals surface area (Å²) in [6.45, 7) is 2.36. The molecule has 1 N–H and O–H groups in total. The SMILES string of the molecule is CCCCNC(=O)COC(=O)c1ccc(OC)c(Br)c1. The molecule has 0 saturated heterocycles. The minimum absolute atomic E-state index is 0.272. The Kier molecular flexibility index (Phi) is 7.08. The number of rotatable bonds is 7. The maximum atomic E-state index is 11.8. The molecular formula is C14H18BrNO4. The van der Waals surface area contributed by atoms with Gasteiger partial charge in [0.25, 0.3) is 5.91 Å². The molecule has 110 valence electrons. The van der Waals surface area contributed by atoms with Gasteiger partial charge in [-0.25, -0.2) is 4.79 Å². The van der Waals surface area contributed by atoms with E-state index >= 15 is 0 Å². The molecule has 0 unspecified atom stereocenters. The van der Waals surface area contributed by atoms with Crippen molar-refractivity contribution in [3.8, 4) is 5.75 Å². The van der Waals surface area contributed by atoms with Crippen LogP contribution in [0.25, 0.3) is 0 Å². The first kappa shape index (κ1) is 16.5. The van der Waals surface area contributed by atoms with Crippen molar-refractivity contribution in [1.29, 1.82) is 0 Å². The third kappa shape index (κ3) is 5.21. The van der Waals surface area contributed by atoms with Crippen molar-refractivity contribution in [2.24, 2.45) is 0 Å². The molecule has 0 aliphatic rings. The Bertz CT molecular complexity index is 476. The lowest BCUT2D eigenvalue weighted by Gasteiger charge is -2.07. The van der Waals surface area contributed by atoms with Gasteiger partial charge in [0.2, 0.25) is 0 Å². The fraction of sp³-hybridized carbons (Fsp3) is 0.429. The van der Waals surface area contributed by atoms with Gasteiger partial charge in [-0.1, -0.05) is 13.3 Å². The van der Waals surface area contributed by atoms with Crippen LogP contribution >= 0.6 is 15.9 Å². The largest absolute Gasteiger partial charge is 0.496 e. The molecule has 0 aliphatic carbocycles. The van der Waals surface area contributed by atoms with E-state index in [9.17, 15) is 9.59 Å². The summed E-state index contributed by atoms with van der Waals surface area (Å²) in [4.78, 5) is 23.2. The zero-order valence-corrected chi connectivity index (χ0v) is 13.2. The van der Waals surface area contributed by atoms with E-state index in [1.165, 1.54) is 0 Å². The van der Waals surface area contributed by atoms with E-state index in [0.29, 0.717) is 22.3 Å². The normalized spacial score (nSPS) is 9.95. The number of methoxy groups -OCH3 is 1. The summed E-state index contributed by atoms with van der Waals surface area (Å²) in [5.74, 6) is -0.211. The molecule has 6 heteroatoms. The Labute approximate surface area is 126 Å². The van der Waals surface area contributed by atoms with Crippen LogP contribution in [0.4, 0.5) is 0 Å². The van der Waals surface area contributed by atoms with Crippen LogP contribution in [0.15, 0.2) is 22.7 Å². The molecule has 0 radical (unpaired) electrons. The van der Waals surface area contributed by atoms with Crippen molar-refractivity contribution in [2.75, 3.05) is 20.3 Å². The van der Waals surface area contributed by atoms with Crippen LogP contribution in [-0.2, 0) is 9.53 Å². The molecule has 0 spiro atoms. The average molecular weight is 344 g/mol. The number of esters is 1. The molecule has 0 heterocycles. The molecule has 1 aromatic carbocycles. The predicted molar refractivity (Wildman–Crippen MR) is 78.9 cm³/mol. The summed E-state index contributed by atoms with van der Waals surface area (Å²) >= 11 is 3.29. The highest BCUT2D eigenvalue weighted by atomic mass is 79.9. The van der Waals surface area contributed by atoms with E-state index in [2.05, 4.69) is 21.2 Å². The van der Waals surface area contributed by atoms with Crippen LogP contribution in [0.2, 0.25) is 0 Å². The standard InChI is InChI=1S/C14H18BrNO4/c1-3-4-7-16-13(17)9-20-14(18)10-5-6-12(19-2)11(15)8-10/h5-6,8H,3-4,7,9H2,1-2H3,(H,16,17). The van der Waals surface area contributed by atoms with E-state index in [1.807, 2.05) is 6.92 Å². The van der Waals surface area contributed by atoms with E-state index in [4.69, 9.17) is 9.47 Å². The molecule has 1 amide bonds. The summed E-state index contributed by atoms with van der Waals surface area (Å²) in [5.41, 5.74) is 0.360. The summed E-state index contributed by atoms with van der Waals surface area (Å²) in [6.07, 6.45) is 1.91. The van der Waals surface area contributed by atoms with Crippen LogP contribution in [0, 0.1) is 0 Å². The molecule has 0 fully saturated rings. The first-order valence-corrected chi connectivity index (χ1v) is 7.15. The van der Waals surface area contributed by atoms with E-state index in [-0.39, 0.29) is 12.5 Å². The highest BCUT2D eigenvalue weighted by Gasteiger charge is 2.12. The van der Waals surface area contributed by atoms with Gasteiger partial charge in [0.1, 0.15) is 5.75 Å². The Morgan fingerprint density at radius 3 is 2.70 bits per heavy atom. The zero-order valence-electron chi connectivity index (χ0n) is 11.6. The molecule has 5 nitrogen and oxygen atoms in total. The van der Waals surface area contributed by atoms with Gasteiger partial charge in [-0.05, 0) is 40.5 Å². The molecule has 0 aromatic heterocycles. The molecule has 0 bridgehead atoms. The monoisotopic (exact) mass is 343 g/mol. The summed E-state index contributed by atoms with van der Waals surface area (Å²) in [6, 6.07) is 4.83. The number of nitrogens with one attached hydrogen (secondary N) is 1. The molecule has 1 aromatic rings. The highest BCUT2D eigenvalue weighted by molar-refractivity contribution is 9.10. The van der Waals surface area contributed by atoms with Crippen LogP contribution in [0.3, 0.4) is 0 Å². The van der Waals surface area contributed by atoms with Gasteiger partial charge < -0.3 is 14.8 Å². The maximum absolute atomic E-state index is 11.8. The fourth-order valence-corrected chi connectivity index (χ4v) is 2.00. The van der Waals surface area contributed by atoms with Crippen molar-refractivity contribution in [3.05, 3.63) is 28.2 Å². The number of carbonyl (C=O) groups excluding carboxylic acids is 2. The number of carbonyl (C=O) groups is 2. The van der Waals surface area contributed by atoms with Crippen molar-refractivity contribution >= 4 is 27.8 Å². The number of unbranched alkanes of at least 4 members (excludes halogenated alkanes) is 1. The number of amides is 1. The first-order valence-electron chi connectivity index (χ1n) is 6.35. The van der Waals surface area contributed by atoms with E-state index in [1.54, 1.807) is 25.3 Å². The molecule has 0 atom stereocenters. The predicted octanol–water partition coefficient (Wildman–Crippen LogP) is 2.53. The van der Waals surface area contributed by atoms with Gasteiger partial charge in [-0.3, -0.25) is 4.79 Å². The molecule has 20 heavy (non-hydrogen) atoms. The third-order valence-electron chi connectivity index (χ3n) is 2.57. The second kappa shape index (κ2) is 8.58. The number of hydrogen-bond acceptors (Lipinski definition) is 4. The Balaban J connectivity index is 2.46. The second-order valence-electron chi connectivity index (χ2n) is 4.13. The van der Waals surface area contributed by atoms with Crippen LogP contribution in [0.5, 0.6) is 5.75 Å². The maximum Gasteiger partial charge on any atom is 0.338 e. The lowest BCUT2D eigenvalue weighted by molar-refractivity contribution is -0.124. The Hall–Kier alpha value is -1.56. The topological polar surface area (TPSA) is 64.6 Å². The summed E-state index contributed by atoms with van der Waals surface area (Å²) < 4.78 is 10.7. The number of hydrogen-bond donors (Lipinski definition) is 1. The van der Waals surface area contributed by atoms with Crippen molar-refractivity contribution < 1.29 is 19.1 Å². The van der Waals surface area contributed by atoms with Crippen molar-refractivity contribution in [1.82, 2.24) is 5.32 Å². The number of benzene rings is 1.